The Morgan fingerprint density at radius 3 is 2.61 bits per heavy atom. The highest BCUT2D eigenvalue weighted by Gasteiger charge is 2.11. The van der Waals surface area contributed by atoms with Crippen molar-refractivity contribution in [1.29, 1.82) is 0 Å². The van der Waals surface area contributed by atoms with Crippen LogP contribution >= 0.6 is 0 Å². The predicted octanol–water partition coefficient (Wildman–Crippen LogP) is 0.892. The van der Waals surface area contributed by atoms with Crippen LogP contribution in [-0.2, 0) is 11.2 Å². The van der Waals surface area contributed by atoms with E-state index in [4.69, 9.17) is 9.47 Å². The van der Waals surface area contributed by atoms with Crippen LogP contribution in [0, 0.1) is 10.1 Å². The van der Waals surface area contributed by atoms with Crippen LogP contribution in [-0.4, -0.2) is 43.0 Å². The Kier molecular flexibility index (Phi) is 6.10. The maximum atomic E-state index is 10.1. The lowest BCUT2D eigenvalue weighted by atomic mass is 10.1. The lowest BCUT2D eigenvalue weighted by Crippen LogP contribution is -2.26. The number of hydrogen-bond donors (Lipinski definition) is 1. The monoisotopic (exact) mass is 255 g/mol. The Morgan fingerprint density at radius 1 is 1.39 bits per heavy atom. The van der Waals surface area contributed by atoms with E-state index in [0.29, 0.717) is 12.4 Å². The second kappa shape index (κ2) is 7.62. The van der Waals surface area contributed by atoms with Gasteiger partial charge in [0.1, 0.15) is 12.4 Å². The summed E-state index contributed by atoms with van der Waals surface area (Å²) in [4.78, 5) is 9.58. The SMILES string of the molecule is COCCc1ccc(OC[C@@H](O)C[N+](=O)[O-])cc1. The van der Waals surface area contributed by atoms with E-state index in [1.165, 1.54) is 0 Å². The Bertz CT molecular complexity index is 365. The first-order valence-corrected chi connectivity index (χ1v) is 5.62. The number of aliphatic hydroxyl groups is 1. The maximum Gasteiger partial charge on any atom is 0.232 e. The average molecular weight is 255 g/mol. The number of aliphatic hydroxyl groups excluding tert-OH is 1. The van der Waals surface area contributed by atoms with Gasteiger partial charge in [0.2, 0.25) is 6.54 Å². The largest absolute Gasteiger partial charge is 0.491 e. The third-order valence-electron chi connectivity index (χ3n) is 2.32. The number of ether oxygens (including phenoxy) is 2. The number of rotatable bonds is 8. The molecule has 1 N–H and O–H groups in total. The molecule has 6 nitrogen and oxygen atoms in total. The minimum atomic E-state index is -1.09. The van der Waals surface area contributed by atoms with E-state index in [0.717, 1.165) is 12.0 Å². The molecule has 0 saturated heterocycles. The van der Waals surface area contributed by atoms with Crippen molar-refractivity contribution in [3.63, 3.8) is 0 Å². The van der Waals surface area contributed by atoms with Gasteiger partial charge < -0.3 is 14.6 Å². The summed E-state index contributed by atoms with van der Waals surface area (Å²) in [6, 6.07) is 7.33. The van der Waals surface area contributed by atoms with Crippen molar-refractivity contribution in [3.8, 4) is 5.75 Å². The minimum absolute atomic E-state index is 0.0849. The zero-order valence-corrected chi connectivity index (χ0v) is 10.2. The highest BCUT2D eigenvalue weighted by atomic mass is 16.6. The minimum Gasteiger partial charge on any atom is -0.491 e. The molecular formula is C12H17NO5. The molecule has 6 heteroatoms. The van der Waals surface area contributed by atoms with E-state index < -0.39 is 17.6 Å². The molecule has 0 spiro atoms. The molecule has 0 radical (unpaired) electrons. The molecular weight excluding hydrogens is 238 g/mol. The highest BCUT2D eigenvalue weighted by molar-refractivity contribution is 5.27. The van der Waals surface area contributed by atoms with Crippen molar-refractivity contribution in [2.75, 3.05) is 26.9 Å². The van der Waals surface area contributed by atoms with Gasteiger partial charge in [-0.3, -0.25) is 10.1 Å². The molecule has 0 aliphatic rings. The van der Waals surface area contributed by atoms with E-state index in [-0.39, 0.29) is 6.61 Å². The van der Waals surface area contributed by atoms with E-state index in [9.17, 15) is 15.2 Å². The van der Waals surface area contributed by atoms with Crippen molar-refractivity contribution >= 4 is 0 Å². The van der Waals surface area contributed by atoms with E-state index >= 15 is 0 Å². The first kappa shape index (κ1) is 14.4. The second-order valence-corrected chi connectivity index (χ2v) is 3.87. The van der Waals surface area contributed by atoms with Crippen LogP contribution in [0.15, 0.2) is 24.3 Å². The Balaban J connectivity index is 2.36. The quantitative estimate of drug-likeness (QED) is 0.551. The molecule has 1 rings (SSSR count). The van der Waals surface area contributed by atoms with Crippen molar-refractivity contribution in [3.05, 3.63) is 39.9 Å². The summed E-state index contributed by atoms with van der Waals surface area (Å²) in [5.41, 5.74) is 1.12. The fraction of sp³-hybridized carbons (Fsp3) is 0.500. The Hall–Kier alpha value is -1.66. The number of nitrogens with zero attached hydrogens (tertiary/aromatic N) is 1. The summed E-state index contributed by atoms with van der Waals surface area (Å²) in [5.74, 6) is 0.582. The van der Waals surface area contributed by atoms with Gasteiger partial charge in [-0.2, -0.15) is 0 Å². The summed E-state index contributed by atoms with van der Waals surface area (Å²) >= 11 is 0. The van der Waals surface area contributed by atoms with Gasteiger partial charge in [-0.25, -0.2) is 0 Å². The summed E-state index contributed by atoms with van der Waals surface area (Å²) in [6.07, 6.45) is -0.269. The number of methoxy groups -OCH3 is 1. The number of benzene rings is 1. The van der Waals surface area contributed by atoms with Crippen molar-refractivity contribution in [2.24, 2.45) is 0 Å². The van der Waals surface area contributed by atoms with E-state index in [1.54, 1.807) is 19.2 Å². The normalized spacial score (nSPS) is 12.1. The Morgan fingerprint density at radius 2 is 2.06 bits per heavy atom. The first-order chi connectivity index (χ1) is 8.61. The topological polar surface area (TPSA) is 81.8 Å². The van der Waals surface area contributed by atoms with Gasteiger partial charge in [-0.05, 0) is 24.1 Å². The lowest BCUT2D eigenvalue weighted by Gasteiger charge is -2.09. The Labute approximate surface area is 105 Å². The molecule has 0 aliphatic carbocycles. The standard InChI is InChI=1S/C12H17NO5/c1-17-7-6-10-2-4-12(5-3-10)18-9-11(14)8-13(15)16/h2-5,11,14H,6-9H2,1H3/t11-/m0/s1. The fourth-order valence-corrected chi connectivity index (χ4v) is 1.39. The molecule has 0 heterocycles. The molecule has 1 aromatic rings. The van der Waals surface area contributed by atoms with Gasteiger partial charge in [0.05, 0.1) is 6.61 Å². The van der Waals surface area contributed by atoms with Crippen molar-refractivity contribution < 1.29 is 19.5 Å². The van der Waals surface area contributed by atoms with Crippen molar-refractivity contribution in [1.82, 2.24) is 0 Å². The molecule has 0 bridgehead atoms. The summed E-state index contributed by atoms with van der Waals surface area (Å²) in [7, 11) is 1.65. The second-order valence-electron chi connectivity index (χ2n) is 3.87. The van der Waals surface area contributed by atoms with Gasteiger partial charge in [0, 0.05) is 12.0 Å². The summed E-state index contributed by atoms with van der Waals surface area (Å²) in [5, 5.41) is 19.4. The van der Waals surface area contributed by atoms with Gasteiger partial charge in [0.15, 0.2) is 6.10 Å². The molecule has 1 aromatic carbocycles. The van der Waals surface area contributed by atoms with Crippen LogP contribution in [0.5, 0.6) is 5.75 Å². The molecule has 0 unspecified atom stereocenters. The molecule has 0 aliphatic heterocycles. The van der Waals surface area contributed by atoms with Crippen LogP contribution in [0.4, 0.5) is 0 Å². The van der Waals surface area contributed by atoms with Crippen LogP contribution in [0.3, 0.4) is 0 Å². The summed E-state index contributed by atoms with van der Waals surface area (Å²) < 4.78 is 10.2. The van der Waals surface area contributed by atoms with E-state index in [1.807, 2.05) is 12.1 Å². The van der Waals surface area contributed by atoms with Crippen LogP contribution in [0.25, 0.3) is 0 Å². The van der Waals surface area contributed by atoms with Crippen LogP contribution < -0.4 is 4.74 Å². The van der Waals surface area contributed by atoms with Gasteiger partial charge in [0.25, 0.3) is 0 Å². The average Bonchev–Trinajstić information content (AvgIpc) is 2.34. The number of nitro groups is 1. The van der Waals surface area contributed by atoms with Gasteiger partial charge >= 0.3 is 0 Å². The van der Waals surface area contributed by atoms with Crippen molar-refractivity contribution in [2.45, 2.75) is 12.5 Å². The molecule has 0 aromatic heterocycles. The summed E-state index contributed by atoms with van der Waals surface area (Å²) in [6.45, 7) is 0.0616. The molecule has 0 amide bonds. The zero-order valence-electron chi connectivity index (χ0n) is 10.2. The zero-order chi connectivity index (χ0) is 13.4. The molecule has 0 saturated carbocycles. The fourth-order valence-electron chi connectivity index (χ4n) is 1.39. The molecule has 18 heavy (non-hydrogen) atoms. The molecule has 1 atom stereocenters. The third-order valence-corrected chi connectivity index (χ3v) is 2.32. The predicted molar refractivity (Wildman–Crippen MR) is 65.4 cm³/mol. The smallest absolute Gasteiger partial charge is 0.232 e. The highest BCUT2D eigenvalue weighted by Crippen LogP contribution is 2.12. The van der Waals surface area contributed by atoms with Crippen LogP contribution in [0.1, 0.15) is 5.56 Å². The van der Waals surface area contributed by atoms with Gasteiger partial charge in [-0.1, -0.05) is 12.1 Å². The van der Waals surface area contributed by atoms with Crippen LogP contribution in [0.2, 0.25) is 0 Å². The number of hydrogen-bond acceptors (Lipinski definition) is 5. The maximum absolute atomic E-state index is 10.1. The first-order valence-electron chi connectivity index (χ1n) is 5.62. The lowest BCUT2D eigenvalue weighted by molar-refractivity contribution is -0.490. The third kappa shape index (κ3) is 5.60. The molecule has 100 valence electrons. The molecule has 0 fully saturated rings. The van der Waals surface area contributed by atoms with Gasteiger partial charge in [-0.15, -0.1) is 0 Å². The van der Waals surface area contributed by atoms with E-state index in [2.05, 4.69) is 0 Å².